The summed E-state index contributed by atoms with van der Waals surface area (Å²) in [6.07, 6.45) is 8.39. The van der Waals surface area contributed by atoms with Crippen molar-refractivity contribution < 1.29 is 37.9 Å². The molecule has 2 bridgehead atoms. The van der Waals surface area contributed by atoms with Crippen molar-refractivity contribution in [1.82, 2.24) is 29.6 Å². The lowest BCUT2D eigenvalue weighted by Gasteiger charge is -2.60. The van der Waals surface area contributed by atoms with E-state index in [1.807, 2.05) is 24.0 Å². The standard InChI is InChI=1S/C46H63ClFN7O7/c1-30-8-10-35-31(2)39(59-44-46(35)34(30)12-13-45(3,60-44)61-62-46)7-5-14-52-16-18-54(19-17-52)28-42(56)55-22-20-53(21-23-55)15-6-24-58-41-26-33-38(27-40(41)57-4)49-29-50-43(33)51-32-9-11-37(48)36(47)25-32/h9,11,25-27,29-31,34-35,39,44H,5-8,10,12-24,28H2,1-4H3,(H,49,50,51)/t30-,31-,34?,35+,39-,44-,45?,46?/m1/s1. The van der Waals surface area contributed by atoms with Crippen molar-refractivity contribution in [2.45, 2.75) is 89.5 Å². The zero-order valence-corrected chi connectivity index (χ0v) is 37.4. The van der Waals surface area contributed by atoms with E-state index in [2.05, 4.69) is 43.8 Å². The number of rotatable bonds is 14. The molecule has 16 heteroatoms. The molecule has 6 aliphatic heterocycles. The average molecular weight is 881 g/mol. The molecule has 6 saturated heterocycles. The Morgan fingerprint density at radius 2 is 1.68 bits per heavy atom. The normalized spacial score (nSPS) is 31.7. The summed E-state index contributed by atoms with van der Waals surface area (Å²) < 4.78 is 39.0. The van der Waals surface area contributed by atoms with Gasteiger partial charge in [-0.1, -0.05) is 25.4 Å². The first-order valence-corrected chi connectivity index (χ1v) is 23.2. The lowest BCUT2D eigenvalue weighted by molar-refractivity contribution is -0.571. The number of ether oxygens (including phenoxy) is 4. The van der Waals surface area contributed by atoms with Crippen LogP contribution >= 0.6 is 11.6 Å². The Kier molecular flexibility index (Phi) is 13.1. The van der Waals surface area contributed by atoms with Crippen LogP contribution in [0.3, 0.4) is 0 Å². The topological polar surface area (TPSA) is 123 Å². The van der Waals surface area contributed by atoms with Crippen LogP contribution in [0.5, 0.6) is 11.5 Å². The first-order chi connectivity index (χ1) is 30.0. The maximum atomic E-state index is 13.7. The Bertz CT molecular complexity index is 2060. The minimum absolute atomic E-state index is 0.0216. The molecule has 10 rings (SSSR count). The highest BCUT2D eigenvalue weighted by Crippen LogP contribution is 2.60. The number of halogens is 2. The molecule has 3 unspecified atom stereocenters. The van der Waals surface area contributed by atoms with Gasteiger partial charge in [0.2, 0.25) is 11.7 Å². The van der Waals surface area contributed by atoms with Crippen LogP contribution in [-0.2, 0) is 24.0 Å². The number of piperazine rings is 2. The molecule has 3 aromatic rings. The second-order valence-electron chi connectivity index (χ2n) is 18.6. The number of hydrogen-bond acceptors (Lipinski definition) is 13. The van der Waals surface area contributed by atoms with Gasteiger partial charge in [-0.2, -0.15) is 0 Å². The van der Waals surface area contributed by atoms with E-state index >= 15 is 0 Å². The second kappa shape index (κ2) is 18.6. The molecule has 7 heterocycles. The van der Waals surface area contributed by atoms with E-state index < -0.39 is 17.2 Å². The van der Waals surface area contributed by atoms with Gasteiger partial charge >= 0.3 is 0 Å². The van der Waals surface area contributed by atoms with E-state index in [0.29, 0.717) is 65.3 Å². The quantitative estimate of drug-likeness (QED) is 0.136. The van der Waals surface area contributed by atoms with Gasteiger partial charge in [0.15, 0.2) is 23.4 Å². The number of nitrogens with zero attached hydrogens (tertiary/aromatic N) is 6. The largest absolute Gasteiger partial charge is 0.493 e. The van der Waals surface area contributed by atoms with E-state index in [1.54, 1.807) is 13.2 Å². The van der Waals surface area contributed by atoms with Gasteiger partial charge in [0, 0.05) is 88.4 Å². The molecule has 1 amide bonds. The molecule has 338 valence electrons. The van der Waals surface area contributed by atoms with Crippen LogP contribution in [-0.4, -0.2) is 145 Å². The molecule has 1 saturated carbocycles. The van der Waals surface area contributed by atoms with Crippen molar-refractivity contribution in [2.75, 3.05) is 91.0 Å². The summed E-state index contributed by atoms with van der Waals surface area (Å²) in [4.78, 5) is 43.8. The van der Waals surface area contributed by atoms with Crippen LogP contribution in [0, 0.1) is 29.5 Å². The number of carbonyl (C=O) groups excluding carboxylic acids is 1. The fourth-order valence-corrected chi connectivity index (χ4v) is 11.3. The number of aromatic nitrogens is 2. The Balaban J connectivity index is 0.677. The number of nitrogens with one attached hydrogen (secondary N) is 1. The maximum absolute atomic E-state index is 13.7. The van der Waals surface area contributed by atoms with Crippen molar-refractivity contribution >= 4 is 39.9 Å². The van der Waals surface area contributed by atoms with Crippen LogP contribution in [0.15, 0.2) is 36.7 Å². The average Bonchev–Trinajstić information content (AvgIpc) is 3.51. The molecule has 7 aliphatic rings. The molecule has 1 aliphatic carbocycles. The van der Waals surface area contributed by atoms with Crippen molar-refractivity contribution in [3.8, 4) is 11.5 Å². The zero-order valence-electron chi connectivity index (χ0n) is 36.7. The van der Waals surface area contributed by atoms with Crippen molar-refractivity contribution in [3.63, 3.8) is 0 Å². The van der Waals surface area contributed by atoms with Gasteiger partial charge in [-0.3, -0.25) is 14.6 Å². The molecule has 1 aromatic heterocycles. The number of methoxy groups -OCH3 is 1. The third kappa shape index (κ3) is 8.97. The molecular formula is C46H63ClFN7O7. The fraction of sp³-hybridized carbons (Fsp3) is 0.674. The number of carbonyl (C=O) groups is 1. The van der Waals surface area contributed by atoms with Crippen molar-refractivity contribution in [1.29, 1.82) is 0 Å². The molecule has 7 fully saturated rings. The summed E-state index contributed by atoms with van der Waals surface area (Å²) in [6.45, 7) is 16.5. The summed E-state index contributed by atoms with van der Waals surface area (Å²) in [6, 6.07) is 8.10. The third-order valence-corrected chi connectivity index (χ3v) is 15.1. The predicted molar refractivity (Wildman–Crippen MR) is 233 cm³/mol. The predicted octanol–water partition coefficient (Wildman–Crippen LogP) is 6.74. The minimum atomic E-state index is -0.736. The van der Waals surface area contributed by atoms with Gasteiger partial charge in [-0.15, -0.1) is 0 Å². The zero-order chi connectivity index (χ0) is 43.0. The van der Waals surface area contributed by atoms with E-state index in [4.69, 9.17) is 40.3 Å². The first-order valence-electron chi connectivity index (χ1n) is 22.8. The summed E-state index contributed by atoms with van der Waals surface area (Å²) >= 11 is 6.00. The van der Waals surface area contributed by atoms with Gasteiger partial charge in [-0.25, -0.2) is 24.1 Å². The molecule has 2 aromatic carbocycles. The van der Waals surface area contributed by atoms with E-state index in [0.717, 1.165) is 109 Å². The van der Waals surface area contributed by atoms with Crippen LogP contribution in [0.4, 0.5) is 15.9 Å². The summed E-state index contributed by atoms with van der Waals surface area (Å²) in [5.74, 6) is 2.43. The third-order valence-electron chi connectivity index (χ3n) is 14.8. The minimum Gasteiger partial charge on any atom is -0.493 e. The highest BCUT2D eigenvalue weighted by Gasteiger charge is 2.69. The molecule has 1 N–H and O–H groups in total. The van der Waals surface area contributed by atoms with Crippen LogP contribution in [0.1, 0.15) is 65.7 Å². The molecule has 1 spiro atoms. The first kappa shape index (κ1) is 43.8. The Morgan fingerprint density at radius 1 is 0.919 bits per heavy atom. The molecule has 14 nitrogen and oxygen atoms in total. The van der Waals surface area contributed by atoms with Crippen molar-refractivity contribution in [2.24, 2.45) is 23.7 Å². The van der Waals surface area contributed by atoms with Gasteiger partial charge < -0.3 is 34.1 Å². The van der Waals surface area contributed by atoms with E-state index in [9.17, 15) is 9.18 Å². The highest BCUT2D eigenvalue weighted by atomic mass is 35.5. The van der Waals surface area contributed by atoms with Gasteiger partial charge in [0.25, 0.3) is 0 Å². The summed E-state index contributed by atoms with van der Waals surface area (Å²) in [5, 5.41) is 3.96. The fourth-order valence-electron chi connectivity index (χ4n) is 11.1. The lowest BCUT2D eigenvalue weighted by atomic mass is 9.57. The second-order valence-corrected chi connectivity index (χ2v) is 19.0. The summed E-state index contributed by atoms with van der Waals surface area (Å²) in [7, 11) is 1.60. The Labute approximate surface area is 369 Å². The van der Waals surface area contributed by atoms with E-state index in [-0.39, 0.29) is 23.3 Å². The lowest BCUT2D eigenvalue weighted by Crippen LogP contribution is -2.70. The Morgan fingerprint density at radius 3 is 2.45 bits per heavy atom. The number of amides is 1. The maximum Gasteiger partial charge on any atom is 0.236 e. The molecule has 8 atom stereocenters. The number of hydrogen-bond donors (Lipinski definition) is 1. The Hall–Kier alpha value is -3.41. The van der Waals surface area contributed by atoms with Crippen molar-refractivity contribution in [3.05, 3.63) is 47.5 Å². The monoisotopic (exact) mass is 879 g/mol. The van der Waals surface area contributed by atoms with Crippen LogP contribution in [0.2, 0.25) is 5.02 Å². The smallest absolute Gasteiger partial charge is 0.236 e. The number of benzene rings is 2. The molecule has 62 heavy (non-hydrogen) atoms. The van der Waals surface area contributed by atoms with Gasteiger partial charge in [0.1, 0.15) is 18.0 Å². The summed E-state index contributed by atoms with van der Waals surface area (Å²) in [5.41, 5.74) is 0.782. The van der Waals surface area contributed by atoms with Crippen LogP contribution < -0.4 is 14.8 Å². The molecule has 0 radical (unpaired) electrons. The number of anilines is 2. The number of fused-ring (bicyclic) bond motifs is 3. The van der Waals surface area contributed by atoms with E-state index in [1.165, 1.54) is 24.9 Å². The SMILES string of the molecule is COc1cc2ncnc(Nc3ccc(F)c(Cl)c3)c2cc1OCCCN1CCN(C(=O)CN2CCN(CCC[C@H]3O[C@@H]4OC5(C)CCC6[C@H](C)CC[C@@H]([C@H]3C)C64OO5)CC2)CC1. The van der Waals surface area contributed by atoms with Gasteiger partial charge in [-0.05, 0) is 94.0 Å². The highest BCUT2D eigenvalue weighted by molar-refractivity contribution is 6.31. The van der Waals surface area contributed by atoms with Crippen LogP contribution in [0.25, 0.3) is 10.9 Å². The molecular weight excluding hydrogens is 817 g/mol. The van der Waals surface area contributed by atoms with Gasteiger partial charge in [0.05, 0.1) is 36.9 Å².